The van der Waals surface area contributed by atoms with Gasteiger partial charge in [0.1, 0.15) is 11.8 Å². The van der Waals surface area contributed by atoms with Crippen molar-refractivity contribution < 1.29 is 28.2 Å². The molecule has 4 aliphatic rings. The third kappa shape index (κ3) is 4.52. The van der Waals surface area contributed by atoms with Gasteiger partial charge in [-0.05, 0) is 74.8 Å². The summed E-state index contributed by atoms with van der Waals surface area (Å²) in [6, 6.07) is 4.25. The van der Waals surface area contributed by atoms with Gasteiger partial charge in [-0.2, -0.15) is 5.10 Å². The average Bonchev–Trinajstić information content (AvgIpc) is 3.56. The van der Waals surface area contributed by atoms with Crippen LogP contribution in [-0.2, 0) is 16.1 Å². The van der Waals surface area contributed by atoms with E-state index in [4.69, 9.17) is 4.74 Å². The highest BCUT2D eigenvalue weighted by atomic mass is 19.1. The molecule has 3 aliphatic carbocycles. The van der Waals surface area contributed by atoms with Crippen molar-refractivity contribution in [3.63, 3.8) is 0 Å². The lowest BCUT2D eigenvalue weighted by Crippen LogP contribution is -2.46. The topological polar surface area (TPSA) is 96.7 Å². The molecule has 2 amide bonds. The van der Waals surface area contributed by atoms with E-state index in [-0.39, 0.29) is 24.8 Å². The summed E-state index contributed by atoms with van der Waals surface area (Å²) in [6.45, 7) is 3.52. The van der Waals surface area contributed by atoms with Crippen LogP contribution in [0.1, 0.15) is 39.5 Å². The minimum atomic E-state index is -0.971. The Kier molecular flexibility index (Phi) is 5.45. The van der Waals surface area contributed by atoms with Gasteiger partial charge in [0, 0.05) is 18.3 Å². The summed E-state index contributed by atoms with van der Waals surface area (Å²) in [4.78, 5) is 27.9. The predicted molar refractivity (Wildman–Crippen MR) is 129 cm³/mol. The maximum Gasteiger partial charge on any atom is 0.251 e. The number of anilines is 1. The van der Waals surface area contributed by atoms with Crippen LogP contribution in [0.25, 0.3) is 0 Å². The van der Waals surface area contributed by atoms with Gasteiger partial charge >= 0.3 is 0 Å². The molecule has 10 heteroatoms. The van der Waals surface area contributed by atoms with Gasteiger partial charge in [0.25, 0.3) is 5.91 Å². The van der Waals surface area contributed by atoms with Crippen molar-refractivity contribution in [2.45, 2.75) is 57.7 Å². The normalized spacial score (nSPS) is 28.5. The Balaban J connectivity index is 1.18. The summed E-state index contributed by atoms with van der Waals surface area (Å²) in [6.07, 6.45) is 6.91. The number of hydrogen-bond donors (Lipinski definition) is 2. The molecule has 2 heterocycles. The lowest BCUT2D eigenvalue weighted by molar-refractivity contribution is -0.134. The van der Waals surface area contributed by atoms with E-state index in [0.29, 0.717) is 29.5 Å². The Morgan fingerprint density at radius 1 is 1.30 bits per heavy atom. The second kappa shape index (κ2) is 8.37. The summed E-state index contributed by atoms with van der Waals surface area (Å²) in [5.41, 5.74) is -0.480. The van der Waals surface area contributed by atoms with E-state index in [1.54, 1.807) is 30.8 Å². The van der Waals surface area contributed by atoms with Crippen LogP contribution < -0.4 is 10.1 Å². The molecule has 37 heavy (non-hydrogen) atoms. The molecular formula is C27H30F2N4O4. The number of benzene rings is 1. The van der Waals surface area contributed by atoms with Crippen LogP contribution in [0.2, 0.25) is 0 Å². The molecule has 6 rings (SSSR count). The standard InChI is InChI=1S/C27H30F2N4O4/c1-26(2,36)14-32-7-6-22(31-32)30-25(35)21(9-15-8-16-11-27(16)12-18(15)27)33-13-17(10-23(33)34)37-24-19(28)4-3-5-20(24)29/h3-7,10,15-16,18,21,36H,8-9,11-14H2,1-2H3,(H,30,31,35). The second-order valence-electron chi connectivity index (χ2n) is 11.6. The highest BCUT2D eigenvalue weighted by Gasteiger charge is 2.76. The van der Waals surface area contributed by atoms with E-state index in [9.17, 15) is 23.5 Å². The second-order valence-corrected chi connectivity index (χ2v) is 11.6. The fraction of sp³-hybridized carbons (Fsp3) is 0.519. The van der Waals surface area contributed by atoms with Gasteiger partial charge in [0.15, 0.2) is 23.2 Å². The third-order valence-corrected chi connectivity index (χ3v) is 8.31. The highest BCUT2D eigenvalue weighted by molar-refractivity contribution is 5.99. The Morgan fingerprint density at radius 2 is 2.05 bits per heavy atom. The van der Waals surface area contributed by atoms with Gasteiger partial charge in [-0.1, -0.05) is 6.07 Å². The van der Waals surface area contributed by atoms with E-state index in [0.717, 1.165) is 24.5 Å². The first kappa shape index (κ1) is 24.1. The van der Waals surface area contributed by atoms with Crippen molar-refractivity contribution in [1.82, 2.24) is 14.7 Å². The predicted octanol–water partition coefficient (Wildman–Crippen LogP) is 3.48. The number of ether oxygens (including phenoxy) is 1. The number of halogens is 2. The van der Waals surface area contributed by atoms with Crippen LogP contribution in [0, 0.1) is 34.8 Å². The van der Waals surface area contributed by atoms with Crippen molar-refractivity contribution in [3.05, 3.63) is 53.9 Å². The minimum absolute atomic E-state index is 0.0657. The number of carbonyl (C=O) groups is 2. The van der Waals surface area contributed by atoms with Crippen LogP contribution in [0.15, 0.2) is 42.3 Å². The smallest absolute Gasteiger partial charge is 0.251 e. The van der Waals surface area contributed by atoms with E-state index in [1.807, 2.05) is 0 Å². The number of hydrogen-bond acceptors (Lipinski definition) is 5. The first-order chi connectivity index (χ1) is 17.5. The molecule has 8 nitrogen and oxygen atoms in total. The largest absolute Gasteiger partial charge is 0.453 e. The summed E-state index contributed by atoms with van der Waals surface area (Å²) in [5.74, 6) is -1.02. The van der Waals surface area contributed by atoms with Crippen LogP contribution in [0.3, 0.4) is 0 Å². The fourth-order valence-electron chi connectivity index (χ4n) is 6.53. The molecule has 2 aromatic rings. The van der Waals surface area contributed by atoms with Gasteiger partial charge in [-0.15, -0.1) is 0 Å². The van der Waals surface area contributed by atoms with Gasteiger partial charge in [-0.3, -0.25) is 14.3 Å². The van der Waals surface area contributed by atoms with E-state index in [2.05, 4.69) is 10.4 Å². The molecule has 5 atom stereocenters. The molecule has 196 valence electrons. The molecular weight excluding hydrogens is 482 g/mol. The molecule has 1 aromatic heterocycles. The first-order valence-electron chi connectivity index (χ1n) is 12.7. The number of aliphatic hydroxyl groups is 1. The highest BCUT2D eigenvalue weighted by Crippen LogP contribution is 2.84. The quantitative estimate of drug-likeness (QED) is 0.536. The molecule has 0 radical (unpaired) electrons. The lowest BCUT2D eigenvalue weighted by Gasteiger charge is -2.30. The number of carbonyl (C=O) groups excluding carboxylic acids is 2. The fourth-order valence-corrected chi connectivity index (χ4v) is 6.53. The summed E-state index contributed by atoms with van der Waals surface area (Å²) in [7, 11) is 0. The van der Waals surface area contributed by atoms with E-state index in [1.165, 1.54) is 29.9 Å². The SMILES string of the molecule is CC(C)(O)Cn1ccc(NC(=O)C(CC2CC3CC34CC24)N2CC(Oc3c(F)cccc3F)=CC2=O)n1. The molecule has 1 spiro atoms. The zero-order valence-corrected chi connectivity index (χ0v) is 20.8. The maximum atomic E-state index is 14.1. The van der Waals surface area contributed by atoms with Crippen LogP contribution >= 0.6 is 0 Å². The number of para-hydroxylation sites is 1. The average molecular weight is 513 g/mol. The van der Waals surface area contributed by atoms with Crippen molar-refractivity contribution >= 4 is 17.6 Å². The van der Waals surface area contributed by atoms with Crippen molar-refractivity contribution in [2.75, 3.05) is 11.9 Å². The van der Waals surface area contributed by atoms with E-state index < -0.39 is 34.9 Å². The zero-order chi connectivity index (χ0) is 26.1. The summed E-state index contributed by atoms with van der Waals surface area (Å²) in [5, 5.41) is 17.2. The van der Waals surface area contributed by atoms with Gasteiger partial charge in [-0.25, -0.2) is 8.78 Å². The molecule has 2 N–H and O–H groups in total. The molecule has 1 aliphatic heterocycles. The Hall–Kier alpha value is -3.27. The zero-order valence-electron chi connectivity index (χ0n) is 20.8. The Morgan fingerprint density at radius 3 is 2.70 bits per heavy atom. The molecule has 1 aromatic carbocycles. The van der Waals surface area contributed by atoms with Crippen LogP contribution in [0.4, 0.5) is 14.6 Å². The summed E-state index contributed by atoms with van der Waals surface area (Å²) >= 11 is 0. The maximum absolute atomic E-state index is 14.1. The molecule has 0 bridgehead atoms. The molecule has 3 fully saturated rings. The summed E-state index contributed by atoms with van der Waals surface area (Å²) < 4.78 is 35.2. The van der Waals surface area contributed by atoms with Crippen molar-refractivity contribution in [3.8, 4) is 5.75 Å². The molecule has 5 unspecified atom stereocenters. The lowest BCUT2D eigenvalue weighted by atomic mass is 9.91. The van der Waals surface area contributed by atoms with Crippen molar-refractivity contribution in [1.29, 1.82) is 0 Å². The first-order valence-corrected chi connectivity index (χ1v) is 12.7. The molecule has 3 saturated carbocycles. The van der Waals surface area contributed by atoms with Gasteiger partial charge < -0.3 is 20.1 Å². The number of amides is 2. The Bertz CT molecular complexity index is 1280. The van der Waals surface area contributed by atoms with Gasteiger partial charge in [0.2, 0.25) is 5.91 Å². The number of nitrogens with one attached hydrogen (secondary N) is 1. The van der Waals surface area contributed by atoms with Gasteiger partial charge in [0.05, 0.1) is 18.7 Å². The number of rotatable bonds is 9. The molecule has 0 saturated heterocycles. The third-order valence-electron chi connectivity index (χ3n) is 8.31. The Labute approximate surface area is 213 Å². The van der Waals surface area contributed by atoms with Crippen LogP contribution in [-0.4, -0.2) is 49.8 Å². The van der Waals surface area contributed by atoms with Crippen LogP contribution in [0.5, 0.6) is 5.75 Å². The minimum Gasteiger partial charge on any atom is -0.453 e. The monoisotopic (exact) mass is 512 g/mol. The van der Waals surface area contributed by atoms with E-state index >= 15 is 0 Å². The number of nitrogens with zero attached hydrogens (tertiary/aromatic N) is 3. The van der Waals surface area contributed by atoms with Crippen molar-refractivity contribution in [2.24, 2.45) is 23.2 Å². The number of aromatic nitrogens is 2.